The molecule has 62 heavy (non-hydrogen) atoms. The summed E-state index contributed by atoms with van der Waals surface area (Å²) in [7, 11) is 0. The predicted octanol–water partition coefficient (Wildman–Crippen LogP) is -3.72. The van der Waals surface area contributed by atoms with E-state index in [0.29, 0.717) is 6.42 Å². The molecule has 22 heteroatoms. The zero-order valence-electron chi connectivity index (χ0n) is 35.4. The van der Waals surface area contributed by atoms with Crippen molar-refractivity contribution in [3.63, 3.8) is 0 Å². The highest BCUT2D eigenvalue weighted by molar-refractivity contribution is 5.69. The molecule has 4 heterocycles. The highest BCUT2D eigenvalue weighted by Gasteiger charge is 2.55. The Hall–Kier alpha value is -1.33. The number of carbonyl (C=O) groups excluding carboxylic acids is 1. The Labute approximate surface area is 360 Å². The normalized spacial score (nSPS) is 42.1. The predicted molar refractivity (Wildman–Crippen MR) is 208 cm³/mol. The molecule has 13 N–H and O–H groups in total. The lowest BCUT2D eigenvalue weighted by atomic mass is 9.95. The van der Waals surface area contributed by atoms with Gasteiger partial charge in [0.25, 0.3) is 0 Å². The molecule has 0 bridgehead atoms. The molecule has 0 aliphatic carbocycles. The third kappa shape index (κ3) is 14.1. The fraction of sp³-hybridized carbons (Fsp3) is 0.975. The number of esters is 1. The van der Waals surface area contributed by atoms with E-state index in [4.69, 9.17) is 37.9 Å². The van der Waals surface area contributed by atoms with E-state index in [1.165, 1.54) is 6.92 Å². The van der Waals surface area contributed by atoms with Crippen LogP contribution in [-0.2, 0) is 42.7 Å². The average molecular weight is 905 g/mol. The van der Waals surface area contributed by atoms with Gasteiger partial charge in [0.2, 0.25) is 6.29 Å². The summed E-state index contributed by atoms with van der Waals surface area (Å²) >= 11 is 0. The first kappa shape index (κ1) is 53.3. The van der Waals surface area contributed by atoms with Crippen molar-refractivity contribution in [3.8, 4) is 0 Å². The van der Waals surface area contributed by atoms with Gasteiger partial charge < -0.3 is 104 Å². The average Bonchev–Trinajstić information content (AvgIpc) is 3.25. The molecule has 364 valence electrons. The summed E-state index contributed by atoms with van der Waals surface area (Å²) in [6.45, 7) is 0.984. The van der Waals surface area contributed by atoms with Crippen molar-refractivity contribution in [2.75, 3.05) is 19.8 Å². The van der Waals surface area contributed by atoms with Crippen molar-refractivity contribution in [2.24, 2.45) is 0 Å². The third-order valence-electron chi connectivity index (χ3n) is 12.0. The maximum atomic E-state index is 12.8. The van der Waals surface area contributed by atoms with E-state index in [1.807, 2.05) is 0 Å². The van der Waals surface area contributed by atoms with E-state index in [-0.39, 0.29) is 12.5 Å². The van der Waals surface area contributed by atoms with Crippen LogP contribution in [0.25, 0.3) is 0 Å². The Bertz CT molecular complexity index is 1270. The molecular weight excluding hydrogens is 832 g/mol. The molecule has 0 aromatic rings. The van der Waals surface area contributed by atoms with Crippen LogP contribution < -0.4 is 0 Å². The van der Waals surface area contributed by atoms with Crippen LogP contribution in [0.15, 0.2) is 0 Å². The maximum absolute atomic E-state index is 12.8. The quantitative estimate of drug-likeness (QED) is 0.0327. The molecule has 4 aliphatic rings. The van der Waals surface area contributed by atoms with Crippen molar-refractivity contribution >= 4 is 5.97 Å². The minimum absolute atomic E-state index is 0.0207. The molecule has 4 rings (SSSR count). The summed E-state index contributed by atoms with van der Waals surface area (Å²) < 4.78 is 44.6. The van der Waals surface area contributed by atoms with E-state index in [0.717, 1.165) is 70.6 Å². The summed E-state index contributed by atoms with van der Waals surface area (Å²) in [6.07, 6.45) is -24.1. The van der Waals surface area contributed by atoms with Crippen molar-refractivity contribution in [3.05, 3.63) is 0 Å². The van der Waals surface area contributed by atoms with Crippen molar-refractivity contribution < 1.29 is 109 Å². The van der Waals surface area contributed by atoms with Gasteiger partial charge in [0.15, 0.2) is 18.9 Å². The minimum atomic E-state index is -2.03. The number of carbonyl (C=O) groups is 1. The summed E-state index contributed by atoms with van der Waals surface area (Å²) in [4.78, 5) is 12.8. The van der Waals surface area contributed by atoms with Gasteiger partial charge in [-0.1, -0.05) is 64.7 Å². The summed E-state index contributed by atoms with van der Waals surface area (Å²) in [6, 6.07) is 0. The zero-order valence-corrected chi connectivity index (χ0v) is 35.4. The second-order valence-electron chi connectivity index (χ2n) is 16.8. The van der Waals surface area contributed by atoms with Crippen LogP contribution in [0, 0.1) is 0 Å². The Morgan fingerprint density at radius 1 is 0.484 bits per heavy atom. The van der Waals surface area contributed by atoms with Crippen LogP contribution in [0.5, 0.6) is 0 Å². The minimum Gasteiger partial charge on any atom is -0.433 e. The van der Waals surface area contributed by atoms with E-state index >= 15 is 0 Å². The fourth-order valence-corrected chi connectivity index (χ4v) is 8.05. The second-order valence-corrected chi connectivity index (χ2v) is 16.8. The molecule has 4 saturated heterocycles. The van der Waals surface area contributed by atoms with Gasteiger partial charge in [0.05, 0.1) is 32.0 Å². The van der Waals surface area contributed by atoms with Crippen LogP contribution >= 0.6 is 0 Å². The summed E-state index contributed by atoms with van der Waals surface area (Å²) in [5, 5.41) is 137. The molecule has 0 saturated carbocycles. The molecule has 0 unspecified atom stereocenters. The maximum Gasteiger partial charge on any atom is 0.308 e. The van der Waals surface area contributed by atoms with E-state index < -0.39 is 149 Å². The largest absolute Gasteiger partial charge is 0.433 e. The van der Waals surface area contributed by atoms with E-state index in [1.54, 1.807) is 0 Å². The SMILES string of the molecule is CCCCC[C@H](O)CCCCCCCCCC(=O)O[C@@H]1O[C@H](CO)[C@@H](O)[C@H](O[C@H]2O[C@@H](CO)[C@H](O)[C@@H](O[C@H]3O[C@@H](C)[C@H](O)[C@@H](O[C@H]4O[C@@H](CO)[C@H](O)[C@@H](O)[C@@H]4O)[C@@H]3O)[C@@H]2O)[C@H]1O. The molecule has 4 fully saturated rings. The van der Waals surface area contributed by atoms with Crippen molar-refractivity contribution in [2.45, 2.75) is 226 Å². The Kier molecular flexibility index (Phi) is 22.5. The van der Waals surface area contributed by atoms with Gasteiger partial charge in [0.1, 0.15) is 91.6 Å². The van der Waals surface area contributed by atoms with Gasteiger partial charge >= 0.3 is 5.97 Å². The number of hydrogen-bond acceptors (Lipinski definition) is 22. The smallest absolute Gasteiger partial charge is 0.308 e. The number of hydrogen-bond donors (Lipinski definition) is 13. The topological polar surface area (TPSA) is 354 Å². The van der Waals surface area contributed by atoms with Gasteiger partial charge in [-0.15, -0.1) is 0 Å². The Morgan fingerprint density at radius 3 is 1.40 bits per heavy atom. The molecular formula is C40H72O22. The highest BCUT2D eigenvalue weighted by Crippen LogP contribution is 2.35. The fourth-order valence-electron chi connectivity index (χ4n) is 8.05. The molecule has 0 aromatic heterocycles. The van der Waals surface area contributed by atoms with Crippen LogP contribution in [0.2, 0.25) is 0 Å². The van der Waals surface area contributed by atoms with Crippen molar-refractivity contribution in [1.29, 1.82) is 0 Å². The summed E-state index contributed by atoms with van der Waals surface area (Å²) in [5.74, 6) is -0.733. The van der Waals surface area contributed by atoms with Crippen molar-refractivity contribution in [1.82, 2.24) is 0 Å². The first-order valence-corrected chi connectivity index (χ1v) is 22.0. The first-order chi connectivity index (χ1) is 29.6. The molecule has 21 atom stereocenters. The third-order valence-corrected chi connectivity index (χ3v) is 12.0. The number of aliphatic hydroxyl groups excluding tert-OH is 13. The van der Waals surface area contributed by atoms with Gasteiger partial charge in [-0.25, -0.2) is 0 Å². The molecule has 4 aliphatic heterocycles. The van der Waals surface area contributed by atoms with E-state index in [9.17, 15) is 71.2 Å². The zero-order chi connectivity index (χ0) is 45.7. The lowest BCUT2D eigenvalue weighted by Gasteiger charge is -2.49. The number of aliphatic hydroxyl groups is 13. The molecule has 22 nitrogen and oxygen atoms in total. The standard InChI is InChI=1S/C40H72O22/c1-3-4-10-13-20(44)14-11-8-6-5-7-9-12-15-24(45)59-39-32(53)35(27(48)22(17-42)57-39)62-40-33(54)36(28(49)23(18-43)58-40)61-38-31(52)34(25(46)19(2)55-38)60-37-30(51)29(50)26(47)21(16-41)56-37/h19-23,25-44,46-54H,3-18H2,1-2H3/t19-,20-,21-,22+,23-,25-,26-,27+,28-,29+,30-,31-,32+,33-,34+,35-,36+,37+,38+,39-,40+/m0/s1. The Morgan fingerprint density at radius 2 is 0.887 bits per heavy atom. The van der Waals surface area contributed by atoms with Crippen LogP contribution in [0.3, 0.4) is 0 Å². The first-order valence-electron chi connectivity index (χ1n) is 22.0. The molecule has 0 radical (unpaired) electrons. The lowest BCUT2D eigenvalue weighted by molar-refractivity contribution is -0.387. The van der Waals surface area contributed by atoms with E-state index in [2.05, 4.69) is 6.92 Å². The second kappa shape index (κ2) is 26.1. The van der Waals surface area contributed by atoms with Crippen LogP contribution in [0.1, 0.15) is 97.3 Å². The molecule has 0 aromatic carbocycles. The van der Waals surface area contributed by atoms with Crippen LogP contribution in [-0.4, -0.2) is 221 Å². The number of ether oxygens (including phenoxy) is 8. The number of unbranched alkanes of at least 4 members (excludes halogenated alkanes) is 8. The monoisotopic (exact) mass is 904 g/mol. The van der Waals surface area contributed by atoms with Gasteiger partial charge in [-0.3, -0.25) is 4.79 Å². The molecule has 0 amide bonds. The van der Waals surface area contributed by atoms with Gasteiger partial charge in [0, 0.05) is 6.42 Å². The Balaban J connectivity index is 1.32. The van der Waals surface area contributed by atoms with Gasteiger partial charge in [-0.2, -0.15) is 0 Å². The number of rotatable bonds is 24. The summed E-state index contributed by atoms with van der Waals surface area (Å²) in [5.41, 5.74) is 0. The van der Waals surface area contributed by atoms with Crippen LogP contribution in [0.4, 0.5) is 0 Å². The highest BCUT2D eigenvalue weighted by atomic mass is 16.8. The molecule has 0 spiro atoms. The lowest BCUT2D eigenvalue weighted by Crippen LogP contribution is -2.67. The van der Waals surface area contributed by atoms with Gasteiger partial charge in [-0.05, 0) is 26.2 Å².